The number of halogens is 5. The molecule has 1 saturated heterocycles. The predicted octanol–water partition coefficient (Wildman–Crippen LogP) is 6.65. The average molecular weight is 718 g/mol. The molecule has 0 atom stereocenters. The zero-order valence-corrected chi connectivity index (χ0v) is 27.9. The SMILES string of the molecule is CN1CCN(CCn2ncc3c2CCc2c-3sc3ncnc(Nc4ccc(OCc5ccc(F)cc5)c(Cl)c4)c23)CC1.O=C(O)C(F)(F)F. The number of likely N-dealkylation sites (N-methyl/N-ethyl adjacent to an activating group) is 1. The number of alkyl halides is 3. The summed E-state index contributed by atoms with van der Waals surface area (Å²) in [5.41, 5.74) is 5.48. The number of benzene rings is 2. The van der Waals surface area contributed by atoms with Gasteiger partial charge in [-0.15, -0.1) is 11.3 Å². The van der Waals surface area contributed by atoms with Crippen molar-refractivity contribution < 1.29 is 32.2 Å². The van der Waals surface area contributed by atoms with Gasteiger partial charge in [0.25, 0.3) is 0 Å². The van der Waals surface area contributed by atoms with E-state index in [-0.39, 0.29) is 5.82 Å². The summed E-state index contributed by atoms with van der Waals surface area (Å²) < 4.78 is 53.0. The van der Waals surface area contributed by atoms with Crippen molar-refractivity contribution >= 4 is 50.6 Å². The second-order valence-electron chi connectivity index (χ2n) is 11.7. The first-order valence-electron chi connectivity index (χ1n) is 15.4. The topological polar surface area (TPSA) is 109 Å². The first-order chi connectivity index (χ1) is 23.5. The number of fused-ring (bicyclic) bond motifs is 5. The minimum Gasteiger partial charge on any atom is -0.487 e. The van der Waals surface area contributed by atoms with Crippen LogP contribution in [-0.4, -0.2) is 86.6 Å². The number of ether oxygens (including phenoxy) is 1. The van der Waals surface area contributed by atoms with Gasteiger partial charge in [0.1, 0.15) is 35.1 Å². The van der Waals surface area contributed by atoms with E-state index in [0.29, 0.717) is 17.4 Å². The monoisotopic (exact) mass is 717 g/mol. The zero-order valence-electron chi connectivity index (χ0n) is 26.3. The summed E-state index contributed by atoms with van der Waals surface area (Å²) in [6.45, 7) is 6.73. The molecular formula is C33H32ClF4N7O3S. The molecule has 0 spiro atoms. The highest BCUT2D eigenvalue weighted by molar-refractivity contribution is 7.22. The molecule has 1 aliphatic heterocycles. The minimum atomic E-state index is -5.08. The summed E-state index contributed by atoms with van der Waals surface area (Å²) in [6.07, 6.45) is 0.408. The van der Waals surface area contributed by atoms with Crippen molar-refractivity contribution in [2.45, 2.75) is 32.2 Å². The molecule has 10 nitrogen and oxygen atoms in total. The van der Waals surface area contributed by atoms with Crippen LogP contribution in [-0.2, 0) is 30.8 Å². The van der Waals surface area contributed by atoms with Crippen molar-refractivity contribution in [3.05, 3.63) is 82.6 Å². The lowest BCUT2D eigenvalue weighted by atomic mass is 9.95. The van der Waals surface area contributed by atoms with Crippen LogP contribution in [0.15, 0.2) is 55.0 Å². The highest BCUT2D eigenvalue weighted by atomic mass is 35.5. The van der Waals surface area contributed by atoms with Crippen LogP contribution in [0.4, 0.5) is 29.1 Å². The van der Waals surface area contributed by atoms with Crippen molar-refractivity contribution in [1.29, 1.82) is 0 Å². The van der Waals surface area contributed by atoms with Crippen LogP contribution in [0.3, 0.4) is 0 Å². The Kier molecular flexibility index (Phi) is 10.3. The largest absolute Gasteiger partial charge is 0.490 e. The highest BCUT2D eigenvalue weighted by Crippen LogP contribution is 2.45. The third-order valence-corrected chi connectivity index (χ3v) is 9.83. The Morgan fingerprint density at radius 2 is 1.80 bits per heavy atom. The molecule has 258 valence electrons. The normalized spacial score (nSPS) is 14.9. The molecule has 0 saturated carbocycles. The molecule has 1 fully saturated rings. The van der Waals surface area contributed by atoms with E-state index >= 15 is 0 Å². The van der Waals surface area contributed by atoms with Gasteiger partial charge >= 0.3 is 12.1 Å². The number of piperazine rings is 1. The summed E-state index contributed by atoms with van der Waals surface area (Å²) in [5, 5.41) is 16.9. The Morgan fingerprint density at radius 3 is 2.49 bits per heavy atom. The van der Waals surface area contributed by atoms with E-state index in [1.54, 1.807) is 29.8 Å². The Labute approximate surface area is 287 Å². The van der Waals surface area contributed by atoms with E-state index in [0.717, 1.165) is 79.4 Å². The van der Waals surface area contributed by atoms with Crippen LogP contribution < -0.4 is 10.1 Å². The fourth-order valence-corrected chi connectivity index (χ4v) is 7.18. The second-order valence-corrected chi connectivity index (χ2v) is 13.1. The number of thiophene rings is 1. The molecule has 0 bridgehead atoms. The van der Waals surface area contributed by atoms with Crippen molar-refractivity contribution in [2.24, 2.45) is 0 Å². The maximum atomic E-state index is 13.2. The first-order valence-corrected chi connectivity index (χ1v) is 16.6. The number of carbonyl (C=O) groups is 1. The standard InChI is InChI=1S/C31H31ClFN7OS.C2HF3O2/c1-38-10-12-39(13-11-38)14-15-40-26-8-7-23-28-30(34-19-35-31(28)42-29(23)24(26)17-36-40)37-22-6-9-27(25(32)16-22)41-18-20-2-4-21(33)5-3-20;3-2(4,5)1(6)7/h2-6,9,16-17,19H,7-8,10-15,18H2,1H3,(H,34,35,37);(H,6,7). The molecule has 2 aromatic carbocycles. The van der Waals surface area contributed by atoms with E-state index < -0.39 is 12.1 Å². The zero-order chi connectivity index (χ0) is 34.7. The van der Waals surface area contributed by atoms with Gasteiger partial charge in [-0.1, -0.05) is 23.7 Å². The molecule has 2 N–H and O–H groups in total. The van der Waals surface area contributed by atoms with E-state index in [4.69, 9.17) is 31.3 Å². The average Bonchev–Trinajstić information content (AvgIpc) is 3.67. The minimum absolute atomic E-state index is 0.273. The summed E-state index contributed by atoms with van der Waals surface area (Å²) >= 11 is 8.28. The first kappa shape index (κ1) is 34.5. The van der Waals surface area contributed by atoms with Crippen molar-refractivity contribution in [1.82, 2.24) is 29.5 Å². The second kappa shape index (κ2) is 14.7. The van der Waals surface area contributed by atoms with Crippen molar-refractivity contribution in [3.63, 3.8) is 0 Å². The lowest BCUT2D eigenvalue weighted by Gasteiger charge is -2.32. The van der Waals surface area contributed by atoms with Gasteiger partial charge in [-0.25, -0.2) is 19.2 Å². The van der Waals surface area contributed by atoms with E-state index in [1.165, 1.54) is 33.8 Å². The summed E-state index contributed by atoms with van der Waals surface area (Å²) in [5.74, 6) is -1.71. The molecule has 0 amide bonds. The van der Waals surface area contributed by atoms with Crippen LogP contribution in [0.1, 0.15) is 16.8 Å². The maximum Gasteiger partial charge on any atom is 0.490 e. The van der Waals surface area contributed by atoms with Crippen molar-refractivity contribution in [3.8, 4) is 16.2 Å². The lowest BCUT2D eigenvalue weighted by molar-refractivity contribution is -0.192. The highest BCUT2D eigenvalue weighted by Gasteiger charge is 2.38. The van der Waals surface area contributed by atoms with E-state index in [9.17, 15) is 17.6 Å². The van der Waals surface area contributed by atoms with Gasteiger partial charge in [0.15, 0.2) is 0 Å². The van der Waals surface area contributed by atoms with Gasteiger partial charge in [-0.05, 0) is 61.3 Å². The van der Waals surface area contributed by atoms with Gasteiger partial charge in [0.05, 0.1) is 23.2 Å². The summed E-state index contributed by atoms with van der Waals surface area (Å²) in [6, 6.07) is 11.8. The number of aromatic nitrogens is 4. The van der Waals surface area contributed by atoms with Gasteiger partial charge in [0, 0.05) is 54.5 Å². The molecule has 49 heavy (non-hydrogen) atoms. The quantitative estimate of drug-likeness (QED) is 0.171. The number of aliphatic carboxylic acids is 1. The molecular weight excluding hydrogens is 686 g/mol. The molecule has 2 aliphatic rings. The van der Waals surface area contributed by atoms with Crippen LogP contribution in [0, 0.1) is 5.82 Å². The number of nitrogens with one attached hydrogen (secondary N) is 1. The Balaban J connectivity index is 0.000000540. The predicted molar refractivity (Wildman–Crippen MR) is 179 cm³/mol. The third-order valence-electron chi connectivity index (χ3n) is 8.36. The van der Waals surface area contributed by atoms with Gasteiger partial charge < -0.3 is 20.1 Å². The summed E-state index contributed by atoms with van der Waals surface area (Å²) in [7, 11) is 2.19. The molecule has 3 aromatic heterocycles. The Morgan fingerprint density at radius 1 is 1.06 bits per heavy atom. The molecule has 5 aromatic rings. The number of hydrogen-bond acceptors (Lipinski definition) is 9. The number of nitrogens with zero attached hydrogens (tertiary/aromatic N) is 6. The maximum absolute atomic E-state index is 13.2. The molecule has 1 aliphatic carbocycles. The fourth-order valence-electron chi connectivity index (χ4n) is 5.72. The number of aryl methyl sites for hydroxylation is 1. The smallest absolute Gasteiger partial charge is 0.487 e. The van der Waals surface area contributed by atoms with E-state index in [2.05, 4.69) is 36.8 Å². The van der Waals surface area contributed by atoms with Crippen LogP contribution in [0.25, 0.3) is 20.7 Å². The van der Waals surface area contributed by atoms with Crippen molar-refractivity contribution in [2.75, 3.05) is 45.1 Å². The number of carboxylic acids is 1. The molecule has 7 rings (SSSR count). The number of anilines is 2. The Bertz CT molecular complexity index is 1940. The van der Waals surface area contributed by atoms with Gasteiger partial charge in [-0.2, -0.15) is 18.3 Å². The van der Waals surface area contributed by atoms with Crippen LogP contribution in [0.2, 0.25) is 5.02 Å². The Hall–Kier alpha value is -4.31. The number of rotatable bonds is 8. The lowest BCUT2D eigenvalue weighted by Crippen LogP contribution is -2.45. The molecule has 4 heterocycles. The number of carboxylic acid groups (broad SMARTS) is 1. The number of hydrogen-bond donors (Lipinski definition) is 2. The molecule has 0 radical (unpaired) electrons. The fraction of sp³-hybridized carbons (Fsp3) is 0.333. The van der Waals surface area contributed by atoms with Crippen LogP contribution in [0.5, 0.6) is 5.75 Å². The molecule has 16 heteroatoms. The summed E-state index contributed by atoms with van der Waals surface area (Å²) in [4.78, 5) is 25.3. The third kappa shape index (κ3) is 8.12. The van der Waals surface area contributed by atoms with Gasteiger partial charge in [-0.3, -0.25) is 9.58 Å². The van der Waals surface area contributed by atoms with E-state index in [1.807, 2.05) is 24.4 Å². The molecule has 0 unspecified atom stereocenters. The van der Waals surface area contributed by atoms with Crippen LogP contribution >= 0.6 is 22.9 Å². The van der Waals surface area contributed by atoms with Gasteiger partial charge in [0.2, 0.25) is 0 Å².